The van der Waals surface area contributed by atoms with Gasteiger partial charge in [0.05, 0.1) is 20.8 Å². The molecule has 1 aromatic rings. The maximum absolute atomic E-state index is 12.6. The number of rotatable bonds is 9. The van der Waals surface area contributed by atoms with Gasteiger partial charge in [0.1, 0.15) is 16.4 Å². The highest BCUT2D eigenvalue weighted by molar-refractivity contribution is 7.89. The molecule has 8 heteroatoms. The van der Waals surface area contributed by atoms with Crippen LogP contribution in [-0.4, -0.2) is 67.4 Å². The molecular formula is C16H26N2O5S. The normalized spacial score (nSPS) is 18.7. The van der Waals surface area contributed by atoms with Gasteiger partial charge in [-0.3, -0.25) is 0 Å². The fraction of sp³-hybridized carbons (Fsp3) is 0.625. The molecular weight excluding hydrogens is 332 g/mol. The van der Waals surface area contributed by atoms with Crippen LogP contribution in [0.1, 0.15) is 6.42 Å². The van der Waals surface area contributed by atoms with E-state index < -0.39 is 10.0 Å². The van der Waals surface area contributed by atoms with Crippen molar-refractivity contribution in [1.82, 2.24) is 9.62 Å². The minimum atomic E-state index is -3.66. The van der Waals surface area contributed by atoms with Crippen molar-refractivity contribution >= 4 is 10.0 Å². The van der Waals surface area contributed by atoms with Gasteiger partial charge in [-0.15, -0.1) is 0 Å². The Labute approximate surface area is 143 Å². The van der Waals surface area contributed by atoms with E-state index in [4.69, 9.17) is 14.2 Å². The summed E-state index contributed by atoms with van der Waals surface area (Å²) in [6, 6.07) is 4.73. The molecule has 1 saturated heterocycles. The van der Waals surface area contributed by atoms with Gasteiger partial charge in [-0.2, -0.15) is 0 Å². The number of hydrogen-bond acceptors (Lipinski definition) is 6. The van der Waals surface area contributed by atoms with Crippen LogP contribution < -0.4 is 14.2 Å². The Morgan fingerprint density at radius 1 is 1.25 bits per heavy atom. The van der Waals surface area contributed by atoms with E-state index in [1.807, 2.05) is 0 Å². The Bertz CT molecular complexity index is 635. The molecule has 0 aliphatic carbocycles. The van der Waals surface area contributed by atoms with Gasteiger partial charge in [0, 0.05) is 32.8 Å². The Morgan fingerprint density at radius 3 is 2.71 bits per heavy atom. The SMILES string of the molecule is COCCN1CC[C@@H](CNS(=O)(=O)c2cc(OC)ccc2OC)C1. The van der Waals surface area contributed by atoms with Crippen LogP contribution in [0.5, 0.6) is 11.5 Å². The average Bonchev–Trinajstić information content (AvgIpc) is 3.05. The van der Waals surface area contributed by atoms with E-state index in [2.05, 4.69) is 9.62 Å². The smallest absolute Gasteiger partial charge is 0.244 e. The van der Waals surface area contributed by atoms with E-state index in [9.17, 15) is 8.42 Å². The second kappa shape index (κ2) is 8.66. The van der Waals surface area contributed by atoms with E-state index >= 15 is 0 Å². The van der Waals surface area contributed by atoms with Crippen LogP contribution in [0.3, 0.4) is 0 Å². The highest BCUT2D eigenvalue weighted by atomic mass is 32.2. The Kier molecular flexibility index (Phi) is 6.85. The molecule has 1 fully saturated rings. The molecule has 24 heavy (non-hydrogen) atoms. The Morgan fingerprint density at radius 2 is 2.04 bits per heavy atom. The maximum atomic E-state index is 12.6. The lowest BCUT2D eigenvalue weighted by molar-refractivity contribution is 0.159. The van der Waals surface area contributed by atoms with Crippen LogP contribution in [-0.2, 0) is 14.8 Å². The first kappa shape index (κ1) is 19.0. The highest BCUT2D eigenvalue weighted by Gasteiger charge is 2.26. The summed E-state index contributed by atoms with van der Waals surface area (Å²) in [7, 11) is 0.977. The minimum Gasteiger partial charge on any atom is -0.497 e. The molecule has 0 radical (unpaired) electrons. The predicted molar refractivity (Wildman–Crippen MR) is 91.2 cm³/mol. The first-order chi connectivity index (χ1) is 11.5. The zero-order valence-electron chi connectivity index (χ0n) is 14.4. The first-order valence-electron chi connectivity index (χ1n) is 7.93. The number of ether oxygens (including phenoxy) is 3. The van der Waals surface area contributed by atoms with Crippen molar-refractivity contribution in [1.29, 1.82) is 0 Å². The van der Waals surface area contributed by atoms with Crippen LogP contribution in [0.2, 0.25) is 0 Å². The van der Waals surface area contributed by atoms with Gasteiger partial charge in [-0.25, -0.2) is 13.1 Å². The number of likely N-dealkylation sites (tertiary alicyclic amines) is 1. The van der Waals surface area contributed by atoms with Crippen molar-refractivity contribution in [2.45, 2.75) is 11.3 Å². The summed E-state index contributed by atoms with van der Waals surface area (Å²) in [6.45, 7) is 3.83. The van der Waals surface area contributed by atoms with Crippen molar-refractivity contribution in [3.63, 3.8) is 0 Å². The third-order valence-electron chi connectivity index (χ3n) is 4.20. The number of benzene rings is 1. The quantitative estimate of drug-likeness (QED) is 0.708. The van der Waals surface area contributed by atoms with Crippen LogP contribution in [0.15, 0.2) is 23.1 Å². The molecule has 0 aromatic heterocycles. The van der Waals surface area contributed by atoms with Gasteiger partial charge in [0.2, 0.25) is 10.0 Å². The molecule has 0 unspecified atom stereocenters. The van der Waals surface area contributed by atoms with Gasteiger partial charge in [0.25, 0.3) is 0 Å². The maximum Gasteiger partial charge on any atom is 0.244 e. The second-order valence-corrected chi connectivity index (χ2v) is 7.55. The number of methoxy groups -OCH3 is 3. The van der Waals surface area contributed by atoms with Crippen molar-refractivity contribution in [3.8, 4) is 11.5 Å². The molecule has 1 heterocycles. The van der Waals surface area contributed by atoms with Gasteiger partial charge in [0.15, 0.2) is 0 Å². The number of hydrogen-bond donors (Lipinski definition) is 1. The topological polar surface area (TPSA) is 77.1 Å². The fourth-order valence-electron chi connectivity index (χ4n) is 2.80. The van der Waals surface area contributed by atoms with Crippen molar-refractivity contribution in [2.24, 2.45) is 5.92 Å². The van der Waals surface area contributed by atoms with E-state index in [0.717, 1.165) is 26.1 Å². The summed E-state index contributed by atoms with van der Waals surface area (Å²) in [5, 5.41) is 0. The van der Waals surface area contributed by atoms with Gasteiger partial charge < -0.3 is 19.1 Å². The molecule has 1 atom stereocenters. The molecule has 136 valence electrons. The summed E-state index contributed by atoms with van der Waals surface area (Å²) < 4.78 is 43.3. The molecule has 7 nitrogen and oxygen atoms in total. The van der Waals surface area contributed by atoms with Crippen LogP contribution >= 0.6 is 0 Å². The van der Waals surface area contributed by atoms with Gasteiger partial charge >= 0.3 is 0 Å². The number of nitrogens with zero attached hydrogens (tertiary/aromatic N) is 1. The second-order valence-electron chi connectivity index (χ2n) is 5.82. The zero-order valence-corrected chi connectivity index (χ0v) is 15.3. The fourth-order valence-corrected chi connectivity index (χ4v) is 4.10. The molecule has 1 N–H and O–H groups in total. The molecule has 0 amide bonds. The van der Waals surface area contributed by atoms with E-state index in [0.29, 0.717) is 30.6 Å². The standard InChI is InChI=1S/C16H26N2O5S/c1-21-9-8-18-7-6-13(12-18)11-17-24(19,20)16-10-14(22-2)4-5-15(16)23-3/h4-5,10,13,17H,6-9,11-12H2,1-3H3/t13-/m0/s1. The largest absolute Gasteiger partial charge is 0.497 e. The summed E-state index contributed by atoms with van der Waals surface area (Å²) in [5.41, 5.74) is 0. The van der Waals surface area contributed by atoms with E-state index in [1.54, 1.807) is 19.2 Å². The average molecular weight is 358 g/mol. The van der Waals surface area contributed by atoms with E-state index in [-0.39, 0.29) is 4.90 Å². The Balaban J connectivity index is 1.99. The lowest BCUT2D eigenvalue weighted by atomic mass is 10.1. The third-order valence-corrected chi connectivity index (χ3v) is 5.65. The third kappa shape index (κ3) is 4.83. The Hall–Kier alpha value is -1.35. The lowest BCUT2D eigenvalue weighted by Gasteiger charge is -2.16. The highest BCUT2D eigenvalue weighted by Crippen LogP contribution is 2.28. The molecule has 0 spiro atoms. The van der Waals surface area contributed by atoms with Crippen LogP contribution in [0.25, 0.3) is 0 Å². The van der Waals surface area contributed by atoms with Crippen LogP contribution in [0, 0.1) is 5.92 Å². The summed E-state index contributed by atoms with van der Waals surface area (Å²) >= 11 is 0. The van der Waals surface area contributed by atoms with Gasteiger partial charge in [-0.1, -0.05) is 0 Å². The summed E-state index contributed by atoms with van der Waals surface area (Å²) in [6.07, 6.45) is 0.974. The van der Waals surface area contributed by atoms with Gasteiger partial charge in [-0.05, 0) is 31.0 Å². The van der Waals surface area contributed by atoms with Crippen LogP contribution in [0.4, 0.5) is 0 Å². The summed E-state index contributed by atoms with van der Waals surface area (Å²) in [5.74, 6) is 1.08. The molecule has 1 aliphatic rings. The number of sulfonamides is 1. The summed E-state index contributed by atoms with van der Waals surface area (Å²) in [4.78, 5) is 2.38. The molecule has 2 rings (SSSR count). The van der Waals surface area contributed by atoms with Crippen molar-refractivity contribution < 1.29 is 22.6 Å². The molecule has 0 bridgehead atoms. The van der Waals surface area contributed by atoms with E-state index in [1.165, 1.54) is 20.3 Å². The van der Waals surface area contributed by atoms with Crippen molar-refractivity contribution in [2.75, 3.05) is 54.1 Å². The first-order valence-corrected chi connectivity index (χ1v) is 9.41. The zero-order chi connectivity index (χ0) is 17.6. The molecule has 1 aliphatic heterocycles. The number of nitrogens with one attached hydrogen (secondary N) is 1. The van der Waals surface area contributed by atoms with Crippen molar-refractivity contribution in [3.05, 3.63) is 18.2 Å². The molecule has 0 saturated carbocycles. The molecule has 1 aromatic carbocycles. The predicted octanol–water partition coefficient (Wildman–Crippen LogP) is 0.950. The monoisotopic (exact) mass is 358 g/mol. The lowest BCUT2D eigenvalue weighted by Crippen LogP contribution is -2.32. The minimum absolute atomic E-state index is 0.0959.